The number of guanidine groups is 1. The Hall–Kier alpha value is -2.80. The SMILES string of the molecule is CCNC(=NCc1ccc(N2CCCC2=O)cc1)NC1CCN(c2ncccc2Cl)C1. The molecule has 3 heterocycles. The van der Waals surface area contributed by atoms with Crippen LogP contribution in [-0.2, 0) is 11.3 Å². The quantitative estimate of drug-likeness (QED) is 0.533. The van der Waals surface area contributed by atoms with Crippen molar-refractivity contribution in [3.8, 4) is 0 Å². The number of aromatic nitrogens is 1. The molecule has 1 unspecified atom stereocenters. The van der Waals surface area contributed by atoms with E-state index in [1.54, 1.807) is 6.20 Å². The molecule has 31 heavy (non-hydrogen) atoms. The molecule has 0 aliphatic carbocycles. The first-order chi connectivity index (χ1) is 15.1. The van der Waals surface area contributed by atoms with E-state index in [1.807, 2.05) is 41.3 Å². The maximum atomic E-state index is 11.9. The van der Waals surface area contributed by atoms with Crippen molar-refractivity contribution in [2.75, 3.05) is 36.0 Å². The maximum absolute atomic E-state index is 11.9. The van der Waals surface area contributed by atoms with Gasteiger partial charge >= 0.3 is 0 Å². The molecule has 2 aliphatic heterocycles. The van der Waals surface area contributed by atoms with Gasteiger partial charge < -0.3 is 20.4 Å². The molecule has 0 spiro atoms. The fourth-order valence-corrected chi connectivity index (χ4v) is 4.31. The molecule has 2 saturated heterocycles. The Morgan fingerprint density at radius 3 is 2.81 bits per heavy atom. The molecule has 1 amide bonds. The molecule has 1 atom stereocenters. The molecule has 2 aliphatic rings. The summed E-state index contributed by atoms with van der Waals surface area (Å²) in [5.74, 6) is 1.86. The minimum absolute atomic E-state index is 0.210. The van der Waals surface area contributed by atoms with Crippen LogP contribution in [0.5, 0.6) is 0 Å². The third-order valence-corrected chi connectivity index (χ3v) is 5.95. The second kappa shape index (κ2) is 10.0. The number of pyridine rings is 1. The predicted molar refractivity (Wildman–Crippen MR) is 126 cm³/mol. The van der Waals surface area contributed by atoms with Gasteiger partial charge in [0.15, 0.2) is 5.96 Å². The Morgan fingerprint density at radius 2 is 2.10 bits per heavy atom. The zero-order chi connectivity index (χ0) is 21.6. The highest BCUT2D eigenvalue weighted by Crippen LogP contribution is 2.26. The zero-order valence-electron chi connectivity index (χ0n) is 17.9. The standard InChI is InChI=1S/C23H29ClN6O/c1-2-25-23(28-18-11-14-29(16-18)22-20(24)5-3-12-26-22)27-15-17-7-9-19(10-8-17)30-13-4-6-21(30)31/h3,5,7-10,12,18H,2,4,6,11,13-16H2,1H3,(H2,25,27,28). The molecule has 164 valence electrons. The lowest BCUT2D eigenvalue weighted by Gasteiger charge is -2.20. The van der Waals surface area contributed by atoms with Crippen LogP contribution in [0.1, 0.15) is 31.7 Å². The lowest BCUT2D eigenvalue weighted by atomic mass is 10.2. The van der Waals surface area contributed by atoms with Gasteiger partial charge in [-0.15, -0.1) is 0 Å². The number of halogens is 1. The van der Waals surface area contributed by atoms with Gasteiger partial charge in [-0.25, -0.2) is 9.98 Å². The molecule has 2 N–H and O–H groups in total. The highest BCUT2D eigenvalue weighted by atomic mass is 35.5. The summed E-state index contributed by atoms with van der Waals surface area (Å²) in [5, 5.41) is 7.56. The number of hydrogen-bond donors (Lipinski definition) is 2. The topological polar surface area (TPSA) is 72.9 Å². The average molecular weight is 441 g/mol. The lowest BCUT2D eigenvalue weighted by molar-refractivity contribution is -0.117. The third kappa shape index (κ3) is 5.28. The monoisotopic (exact) mass is 440 g/mol. The molecule has 1 aromatic heterocycles. The first kappa shape index (κ1) is 21.4. The highest BCUT2D eigenvalue weighted by Gasteiger charge is 2.25. The number of hydrogen-bond acceptors (Lipinski definition) is 4. The summed E-state index contributed by atoms with van der Waals surface area (Å²) >= 11 is 6.30. The van der Waals surface area contributed by atoms with Gasteiger partial charge in [0.2, 0.25) is 5.91 Å². The molecular formula is C23H29ClN6O. The number of rotatable bonds is 6. The molecule has 0 bridgehead atoms. The number of carbonyl (C=O) groups is 1. The van der Waals surface area contributed by atoms with Crippen molar-refractivity contribution >= 4 is 35.0 Å². The number of nitrogens with zero attached hydrogens (tertiary/aromatic N) is 4. The van der Waals surface area contributed by atoms with Crippen LogP contribution in [0, 0.1) is 0 Å². The van der Waals surface area contributed by atoms with Crippen LogP contribution in [-0.4, -0.2) is 49.1 Å². The summed E-state index contributed by atoms with van der Waals surface area (Å²) in [6.45, 7) is 5.99. The van der Waals surface area contributed by atoms with Crippen molar-refractivity contribution in [3.05, 3.63) is 53.2 Å². The number of carbonyl (C=O) groups excluding carboxylic acids is 1. The summed E-state index contributed by atoms with van der Waals surface area (Å²) in [6, 6.07) is 12.1. The Kier molecular flexibility index (Phi) is 6.92. The van der Waals surface area contributed by atoms with E-state index in [4.69, 9.17) is 16.6 Å². The third-order valence-electron chi connectivity index (χ3n) is 5.65. The minimum Gasteiger partial charge on any atom is -0.357 e. The van der Waals surface area contributed by atoms with Crippen LogP contribution >= 0.6 is 11.6 Å². The molecule has 8 heteroatoms. The summed E-state index contributed by atoms with van der Waals surface area (Å²) in [5.41, 5.74) is 2.08. The molecule has 2 fully saturated rings. The van der Waals surface area contributed by atoms with Crippen molar-refractivity contribution in [1.29, 1.82) is 0 Å². The van der Waals surface area contributed by atoms with Crippen molar-refractivity contribution < 1.29 is 4.79 Å². The average Bonchev–Trinajstić information content (AvgIpc) is 3.42. The van der Waals surface area contributed by atoms with E-state index in [2.05, 4.69) is 27.4 Å². The molecule has 4 rings (SSSR count). The van der Waals surface area contributed by atoms with E-state index in [9.17, 15) is 4.79 Å². The lowest BCUT2D eigenvalue weighted by Crippen LogP contribution is -2.44. The second-order valence-corrected chi connectivity index (χ2v) is 8.30. The normalized spacial score (nSPS) is 19.2. The molecule has 1 aromatic carbocycles. The van der Waals surface area contributed by atoms with Gasteiger partial charge in [0, 0.05) is 50.5 Å². The fourth-order valence-electron chi connectivity index (χ4n) is 4.07. The minimum atomic E-state index is 0.210. The summed E-state index contributed by atoms with van der Waals surface area (Å²) in [6.07, 6.45) is 4.36. The summed E-state index contributed by atoms with van der Waals surface area (Å²) in [7, 11) is 0. The van der Waals surface area contributed by atoms with Crippen LogP contribution in [0.3, 0.4) is 0 Å². The summed E-state index contributed by atoms with van der Waals surface area (Å²) < 4.78 is 0. The van der Waals surface area contributed by atoms with Gasteiger partial charge in [-0.1, -0.05) is 23.7 Å². The predicted octanol–water partition coefficient (Wildman–Crippen LogP) is 3.20. The van der Waals surface area contributed by atoms with Gasteiger partial charge in [0.1, 0.15) is 5.82 Å². The van der Waals surface area contributed by atoms with E-state index < -0.39 is 0 Å². The van der Waals surface area contributed by atoms with Gasteiger partial charge in [-0.3, -0.25) is 4.79 Å². The second-order valence-electron chi connectivity index (χ2n) is 7.90. The van der Waals surface area contributed by atoms with E-state index >= 15 is 0 Å². The maximum Gasteiger partial charge on any atom is 0.227 e. The first-order valence-electron chi connectivity index (χ1n) is 10.9. The Morgan fingerprint density at radius 1 is 1.26 bits per heavy atom. The van der Waals surface area contributed by atoms with Crippen LogP contribution in [0.15, 0.2) is 47.6 Å². The van der Waals surface area contributed by atoms with Crippen LogP contribution in [0.25, 0.3) is 0 Å². The molecule has 7 nitrogen and oxygen atoms in total. The van der Waals surface area contributed by atoms with Gasteiger partial charge in [0.25, 0.3) is 0 Å². The van der Waals surface area contributed by atoms with Gasteiger partial charge in [-0.2, -0.15) is 0 Å². The largest absolute Gasteiger partial charge is 0.357 e. The highest BCUT2D eigenvalue weighted by molar-refractivity contribution is 6.32. The first-order valence-corrected chi connectivity index (χ1v) is 11.3. The Balaban J connectivity index is 1.35. The fraction of sp³-hybridized carbons (Fsp3) is 0.435. The van der Waals surface area contributed by atoms with Crippen LogP contribution in [0.4, 0.5) is 11.5 Å². The molecular weight excluding hydrogens is 412 g/mol. The molecule has 0 radical (unpaired) electrons. The molecule has 2 aromatic rings. The van der Waals surface area contributed by atoms with E-state index in [-0.39, 0.29) is 11.9 Å². The number of benzene rings is 1. The van der Waals surface area contributed by atoms with Crippen LogP contribution < -0.4 is 20.4 Å². The van der Waals surface area contributed by atoms with E-state index in [0.717, 1.165) is 62.0 Å². The van der Waals surface area contributed by atoms with Crippen molar-refractivity contribution in [2.45, 2.75) is 38.8 Å². The van der Waals surface area contributed by atoms with E-state index in [1.165, 1.54) is 0 Å². The number of aliphatic imine (C=N–C) groups is 1. The number of anilines is 2. The van der Waals surface area contributed by atoms with Gasteiger partial charge in [-0.05, 0) is 49.6 Å². The Bertz CT molecular complexity index is 932. The van der Waals surface area contributed by atoms with Crippen molar-refractivity contribution in [3.63, 3.8) is 0 Å². The summed E-state index contributed by atoms with van der Waals surface area (Å²) in [4.78, 5) is 25.2. The number of nitrogens with one attached hydrogen (secondary N) is 2. The zero-order valence-corrected chi connectivity index (χ0v) is 18.6. The Labute approximate surface area is 188 Å². The van der Waals surface area contributed by atoms with Gasteiger partial charge in [0.05, 0.1) is 11.6 Å². The van der Waals surface area contributed by atoms with Crippen molar-refractivity contribution in [1.82, 2.24) is 15.6 Å². The van der Waals surface area contributed by atoms with Crippen LogP contribution in [0.2, 0.25) is 5.02 Å². The van der Waals surface area contributed by atoms with E-state index in [0.29, 0.717) is 18.0 Å². The smallest absolute Gasteiger partial charge is 0.227 e. The van der Waals surface area contributed by atoms with Crippen molar-refractivity contribution in [2.24, 2.45) is 4.99 Å². The molecule has 0 saturated carbocycles. The number of amides is 1.